The number of nitrogens with zero attached hydrogens (tertiary/aromatic N) is 1. The number of hydrogen-bond donors (Lipinski definition) is 0. The molecule has 1 heterocycles. The summed E-state index contributed by atoms with van der Waals surface area (Å²) < 4.78 is 37.1. The van der Waals surface area contributed by atoms with Crippen molar-refractivity contribution in [2.45, 2.75) is 19.0 Å². The second kappa shape index (κ2) is 5.86. The fourth-order valence-corrected chi connectivity index (χ4v) is 1.76. The topological polar surface area (TPSA) is 30.0 Å². The Balaban J connectivity index is 1.99. The average molecular weight is 279 g/mol. The van der Waals surface area contributed by atoms with Gasteiger partial charge in [0.15, 0.2) is 5.78 Å². The zero-order valence-electron chi connectivity index (χ0n) is 10.5. The number of aryl methyl sites for hydroxylation is 1. The molecule has 0 aliphatic heterocycles. The van der Waals surface area contributed by atoms with Crippen LogP contribution in [-0.4, -0.2) is 10.8 Å². The predicted molar refractivity (Wildman–Crippen MR) is 68.3 cm³/mol. The minimum atomic E-state index is -4.43. The van der Waals surface area contributed by atoms with E-state index in [0.717, 1.165) is 17.7 Å². The predicted octanol–water partition coefficient (Wildman–Crippen LogP) is 3.92. The summed E-state index contributed by atoms with van der Waals surface area (Å²) in [6, 6.07) is 11.4. The number of alkyl halides is 3. The second-order valence-electron chi connectivity index (χ2n) is 4.34. The lowest BCUT2D eigenvalue weighted by atomic mass is 10.1. The van der Waals surface area contributed by atoms with Gasteiger partial charge in [0, 0.05) is 12.6 Å². The molecule has 0 fully saturated rings. The summed E-state index contributed by atoms with van der Waals surface area (Å²) >= 11 is 0. The van der Waals surface area contributed by atoms with Crippen LogP contribution in [0.3, 0.4) is 0 Å². The van der Waals surface area contributed by atoms with Crippen molar-refractivity contribution in [3.05, 3.63) is 65.5 Å². The normalized spacial score (nSPS) is 11.3. The molecule has 2 aromatic rings. The molecule has 2 rings (SSSR count). The quantitative estimate of drug-likeness (QED) is 0.794. The molecule has 0 aliphatic rings. The van der Waals surface area contributed by atoms with Gasteiger partial charge in [-0.2, -0.15) is 13.2 Å². The summed E-state index contributed by atoms with van der Waals surface area (Å²) in [6.07, 6.45) is -2.97. The van der Waals surface area contributed by atoms with Crippen LogP contribution in [0.25, 0.3) is 0 Å². The van der Waals surface area contributed by atoms with E-state index in [4.69, 9.17) is 0 Å². The van der Waals surface area contributed by atoms with Crippen molar-refractivity contribution in [2.75, 3.05) is 0 Å². The lowest BCUT2D eigenvalue weighted by molar-refractivity contribution is -0.137. The van der Waals surface area contributed by atoms with E-state index >= 15 is 0 Å². The first-order valence-electron chi connectivity index (χ1n) is 6.07. The SMILES string of the molecule is O=C(CCc1ccccc1)c1ccc(C(F)(F)F)cn1. The maximum atomic E-state index is 12.4. The van der Waals surface area contributed by atoms with Crippen molar-refractivity contribution in [1.82, 2.24) is 4.98 Å². The third-order valence-corrected chi connectivity index (χ3v) is 2.86. The van der Waals surface area contributed by atoms with Gasteiger partial charge < -0.3 is 0 Å². The van der Waals surface area contributed by atoms with Gasteiger partial charge in [-0.1, -0.05) is 30.3 Å². The number of benzene rings is 1. The molecule has 0 saturated carbocycles. The van der Waals surface area contributed by atoms with Crippen molar-refractivity contribution in [1.29, 1.82) is 0 Å². The van der Waals surface area contributed by atoms with E-state index in [0.29, 0.717) is 12.6 Å². The summed E-state index contributed by atoms with van der Waals surface area (Å²) in [7, 11) is 0. The first-order chi connectivity index (χ1) is 9.47. The highest BCUT2D eigenvalue weighted by Gasteiger charge is 2.30. The molecule has 0 unspecified atom stereocenters. The van der Waals surface area contributed by atoms with Gasteiger partial charge in [-0.05, 0) is 24.1 Å². The number of ketones is 1. The van der Waals surface area contributed by atoms with Crippen LogP contribution in [0.1, 0.15) is 28.0 Å². The Hall–Kier alpha value is -2.17. The molecule has 0 atom stereocenters. The average Bonchev–Trinajstić information content (AvgIpc) is 2.45. The Bertz CT molecular complexity index is 576. The van der Waals surface area contributed by atoms with Crippen LogP contribution in [0, 0.1) is 0 Å². The van der Waals surface area contributed by atoms with Crippen LogP contribution >= 0.6 is 0 Å². The maximum Gasteiger partial charge on any atom is 0.417 e. The van der Waals surface area contributed by atoms with Gasteiger partial charge in [0.25, 0.3) is 0 Å². The Morgan fingerprint density at radius 1 is 1.05 bits per heavy atom. The fraction of sp³-hybridized carbons (Fsp3) is 0.200. The van der Waals surface area contributed by atoms with Crippen LogP contribution in [0.2, 0.25) is 0 Å². The van der Waals surface area contributed by atoms with E-state index in [1.54, 1.807) is 0 Å². The van der Waals surface area contributed by atoms with Crippen LogP contribution in [-0.2, 0) is 12.6 Å². The molecule has 1 aromatic heterocycles. The van der Waals surface area contributed by atoms with Crippen molar-refractivity contribution < 1.29 is 18.0 Å². The highest BCUT2D eigenvalue weighted by molar-refractivity contribution is 5.94. The van der Waals surface area contributed by atoms with Crippen LogP contribution < -0.4 is 0 Å². The minimum absolute atomic E-state index is 0.0638. The lowest BCUT2D eigenvalue weighted by Crippen LogP contribution is -2.08. The fourth-order valence-electron chi connectivity index (χ4n) is 1.76. The van der Waals surface area contributed by atoms with Crippen molar-refractivity contribution in [2.24, 2.45) is 0 Å². The van der Waals surface area contributed by atoms with Crippen molar-refractivity contribution in [3.63, 3.8) is 0 Å². The molecule has 0 aliphatic carbocycles. The number of rotatable bonds is 4. The minimum Gasteiger partial charge on any atom is -0.292 e. The first-order valence-corrected chi connectivity index (χ1v) is 6.07. The van der Waals surface area contributed by atoms with Gasteiger partial charge in [0.2, 0.25) is 0 Å². The molecule has 0 N–H and O–H groups in total. The van der Waals surface area contributed by atoms with E-state index in [9.17, 15) is 18.0 Å². The van der Waals surface area contributed by atoms with Gasteiger partial charge in [-0.15, -0.1) is 0 Å². The Kier molecular flexibility index (Phi) is 4.17. The number of carbonyl (C=O) groups is 1. The van der Waals surface area contributed by atoms with Gasteiger partial charge in [0.05, 0.1) is 5.56 Å². The Morgan fingerprint density at radius 2 is 1.75 bits per heavy atom. The molecular formula is C15H12F3NO. The molecular weight excluding hydrogens is 267 g/mol. The standard InChI is InChI=1S/C15H12F3NO/c16-15(17,18)12-7-8-13(19-10-12)14(20)9-6-11-4-2-1-3-5-11/h1-5,7-8,10H,6,9H2. The third kappa shape index (κ3) is 3.66. The van der Waals surface area contributed by atoms with Crippen molar-refractivity contribution >= 4 is 5.78 Å². The van der Waals surface area contributed by atoms with Gasteiger partial charge in [-0.25, -0.2) is 0 Å². The van der Waals surface area contributed by atoms with E-state index in [-0.39, 0.29) is 17.9 Å². The summed E-state index contributed by atoms with van der Waals surface area (Å²) in [5.41, 5.74) is 0.221. The number of aromatic nitrogens is 1. The molecule has 0 saturated heterocycles. The lowest BCUT2D eigenvalue weighted by Gasteiger charge is -2.06. The van der Waals surface area contributed by atoms with Crippen molar-refractivity contribution in [3.8, 4) is 0 Å². The number of carbonyl (C=O) groups excluding carboxylic acids is 1. The Labute approximate surface area is 114 Å². The number of hydrogen-bond acceptors (Lipinski definition) is 2. The summed E-state index contributed by atoms with van der Waals surface area (Å²) in [4.78, 5) is 15.4. The number of pyridine rings is 1. The van der Waals surface area contributed by atoms with Crippen LogP contribution in [0.5, 0.6) is 0 Å². The molecule has 0 spiro atoms. The second-order valence-corrected chi connectivity index (χ2v) is 4.34. The molecule has 0 radical (unpaired) electrons. The summed E-state index contributed by atoms with van der Waals surface area (Å²) in [6.45, 7) is 0. The highest BCUT2D eigenvalue weighted by Crippen LogP contribution is 2.28. The van der Waals surface area contributed by atoms with Gasteiger partial charge >= 0.3 is 6.18 Å². The number of halogens is 3. The smallest absolute Gasteiger partial charge is 0.292 e. The highest BCUT2D eigenvalue weighted by atomic mass is 19.4. The van der Waals surface area contributed by atoms with E-state index in [1.165, 1.54) is 0 Å². The maximum absolute atomic E-state index is 12.4. The molecule has 20 heavy (non-hydrogen) atoms. The molecule has 0 bridgehead atoms. The molecule has 5 heteroatoms. The largest absolute Gasteiger partial charge is 0.417 e. The molecule has 2 nitrogen and oxygen atoms in total. The van der Waals surface area contributed by atoms with E-state index < -0.39 is 11.7 Å². The molecule has 1 aromatic carbocycles. The third-order valence-electron chi connectivity index (χ3n) is 2.86. The zero-order chi connectivity index (χ0) is 14.6. The summed E-state index contributed by atoms with van der Waals surface area (Å²) in [5, 5.41) is 0. The number of Topliss-reactive ketones (excluding diaryl/α,β-unsaturated/α-hetero) is 1. The Morgan fingerprint density at radius 3 is 2.30 bits per heavy atom. The van der Waals surface area contributed by atoms with Crippen LogP contribution in [0.4, 0.5) is 13.2 Å². The van der Waals surface area contributed by atoms with E-state index in [2.05, 4.69) is 4.98 Å². The van der Waals surface area contributed by atoms with Gasteiger partial charge in [-0.3, -0.25) is 9.78 Å². The summed E-state index contributed by atoms with van der Waals surface area (Å²) in [5.74, 6) is -0.262. The molecule has 104 valence electrons. The zero-order valence-corrected chi connectivity index (χ0v) is 10.5. The van der Waals surface area contributed by atoms with Crippen LogP contribution in [0.15, 0.2) is 48.7 Å². The van der Waals surface area contributed by atoms with Gasteiger partial charge in [0.1, 0.15) is 5.69 Å². The van der Waals surface area contributed by atoms with E-state index in [1.807, 2.05) is 30.3 Å². The first kappa shape index (κ1) is 14.2. The molecule has 0 amide bonds. The monoisotopic (exact) mass is 279 g/mol.